The molecule has 3 nitrogen and oxygen atoms in total. The molecule has 0 spiro atoms. The van der Waals surface area contributed by atoms with Crippen molar-refractivity contribution in [2.24, 2.45) is 0 Å². The third-order valence-electron chi connectivity index (χ3n) is 12.2. The SMILES string of the molecule is CC1(C)c2ccccc2-c2ccc(N(c3ccc(-c4ccccn4)cc3)n3c4cccc(-c5ccccc5)c4c4cc(-c5ccccc5)cc(-c5ccccc5)c43)cc21. The summed E-state index contributed by atoms with van der Waals surface area (Å²) in [5, 5.41) is 4.85. The molecule has 11 rings (SSSR count). The Morgan fingerprint density at radius 2 is 1.03 bits per heavy atom. The summed E-state index contributed by atoms with van der Waals surface area (Å²) in [5.74, 6) is 0. The molecule has 280 valence electrons. The molecule has 1 aliphatic rings. The first-order valence-corrected chi connectivity index (χ1v) is 20.4. The van der Waals surface area contributed by atoms with Gasteiger partial charge in [0.15, 0.2) is 0 Å². The van der Waals surface area contributed by atoms with E-state index in [9.17, 15) is 0 Å². The van der Waals surface area contributed by atoms with Crippen molar-refractivity contribution in [3.8, 4) is 55.8 Å². The van der Waals surface area contributed by atoms with Gasteiger partial charge in [0.2, 0.25) is 0 Å². The van der Waals surface area contributed by atoms with Gasteiger partial charge in [0, 0.05) is 33.5 Å². The van der Waals surface area contributed by atoms with Gasteiger partial charge in [-0.3, -0.25) is 4.98 Å². The highest BCUT2D eigenvalue weighted by molar-refractivity contribution is 6.19. The fraction of sp³-hybridized carbons (Fsp3) is 0.0536. The largest absolute Gasteiger partial charge is 0.256 e. The van der Waals surface area contributed by atoms with E-state index in [4.69, 9.17) is 0 Å². The number of fused-ring (bicyclic) bond motifs is 6. The van der Waals surface area contributed by atoms with E-state index >= 15 is 0 Å². The van der Waals surface area contributed by atoms with Crippen LogP contribution in [0, 0.1) is 0 Å². The third kappa shape index (κ3) is 5.69. The van der Waals surface area contributed by atoms with Crippen LogP contribution >= 0.6 is 0 Å². The fourth-order valence-electron chi connectivity index (χ4n) is 9.39. The molecule has 0 bridgehead atoms. The molecule has 2 heterocycles. The highest BCUT2D eigenvalue weighted by Crippen LogP contribution is 2.51. The van der Waals surface area contributed by atoms with E-state index < -0.39 is 0 Å². The molecular weight excluding hydrogens is 715 g/mol. The molecule has 1 aliphatic carbocycles. The molecule has 0 aliphatic heterocycles. The van der Waals surface area contributed by atoms with Gasteiger partial charge in [-0.2, -0.15) is 0 Å². The van der Waals surface area contributed by atoms with Gasteiger partial charge in [0.05, 0.1) is 28.1 Å². The first-order chi connectivity index (χ1) is 29.0. The van der Waals surface area contributed by atoms with Crippen LogP contribution in [0.4, 0.5) is 11.4 Å². The first-order valence-electron chi connectivity index (χ1n) is 20.4. The van der Waals surface area contributed by atoms with Gasteiger partial charge >= 0.3 is 0 Å². The first kappa shape index (κ1) is 34.7. The molecule has 10 aromatic rings. The van der Waals surface area contributed by atoms with Crippen molar-refractivity contribution in [3.05, 3.63) is 224 Å². The summed E-state index contributed by atoms with van der Waals surface area (Å²) in [5.41, 5.74) is 18.7. The summed E-state index contributed by atoms with van der Waals surface area (Å²) >= 11 is 0. The lowest BCUT2D eigenvalue weighted by Gasteiger charge is -2.31. The van der Waals surface area contributed by atoms with E-state index in [1.807, 2.05) is 18.3 Å². The van der Waals surface area contributed by atoms with E-state index in [1.165, 1.54) is 60.8 Å². The zero-order chi connectivity index (χ0) is 39.5. The molecule has 3 heteroatoms. The Balaban J connectivity index is 1.27. The van der Waals surface area contributed by atoms with Gasteiger partial charge in [-0.05, 0) is 105 Å². The second-order valence-electron chi connectivity index (χ2n) is 16.0. The van der Waals surface area contributed by atoms with Crippen molar-refractivity contribution in [3.63, 3.8) is 0 Å². The lowest BCUT2D eigenvalue weighted by atomic mass is 9.82. The standard InChI is InChI=1S/C56H41N3/c1-56(2)50-25-13-12-23-46(50)47-33-32-44(37-51(47)56)58(43-30-28-41(29-31-43)52-26-14-15-34-57-52)59-53-27-16-24-45(39-19-8-4-9-20-39)54(53)49-36-42(38-17-6-3-7-18-38)35-48(55(49)59)40-21-10-5-11-22-40/h3-37H,1-2H3. The smallest absolute Gasteiger partial charge is 0.0795 e. The van der Waals surface area contributed by atoms with Gasteiger partial charge in [-0.15, -0.1) is 0 Å². The zero-order valence-electron chi connectivity index (χ0n) is 33.0. The van der Waals surface area contributed by atoms with Gasteiger partial charge in [0.25, 0.3) is 0 Å². The van der Waals surface area contributed by atoms with Crippen LogP contribution in [0.5, 0.6) is 0 Å². The maximum atomic E-state index is 4.69. The third-order valence-corrected chi connectivity index (χ3v) is 12.2. The van der Waals surface area contributed by atoms with E-state index in [0.29, 0.717) is 0 Å². The number of anilines is 2. The zero-order valence-corrected chi connectivity index (χ0v) is 33.0. The van der Waals surface area contributed by atoms with E-state index in [2.05, 4.69) is 223 Å². The minimum absolute atomic E-state index is 0.169. The summed E-state index contributed by atoms with van der Waals surface area (Å²) < 4.78 is 2.49. The average Bonchev–Trinajstić information content (AvgIpc) is 3.75. The molecule has 0 amide bonds. The highest BCUT2D eigenvalue weighted by Gasteiger charge is 2.36. The summed E-state index contributed by atoms with van der Waals surface area (Å²) in [6.07, 6.45) is 1.86. The maximum Gasteiger partial charge on any atom is 0.0795 e. The normalized spacial score (nSPS) is 12.7. The summed E-state index contributed by atoms with van der Waals surface area (Å²) in [6.45, 7) is 4.72. The Kier molecular flexibility index (Phi) is 8.16. The Bertz CT molecular complexity index is 3150. The van der Waals surface area contributed by atoms with Crippen molar-refractivity contribution in [1.82, 2.24) is 9.66 Å². The number of aromatic nitrogens is 2. The van der Waals surface area contributed by atoms with Gasteiger partial charge < -0.3 is 0 Å². The van der Waals surface area contributed by atoms with Crippen LogP contribution in [0.2, 0.25) is 0 Å². The van der Waals surface area contributed by atoms with Crippen molar-refractivity contribution in [2.45, 2.75) is 19.3 Å². The lowest BCUT2D eigenvalue weighted by molar-refractivity contribution is 0.660. The van der Waals surface area contributed by atoms with Crippen molar-refractivity contribution >= 4 is 33.2 Å². The van der Waals surface area contributed by atoms with Gasteiger partial charge in [-0.1, -0.05) is 166 Å². The van der Waals surface area contributed by atoms with Gasteiger partial charge in [0.1, 0.15) is 0 Å². The van der Waals surface area contributed by atoms with Crippen molar-refractivity contribution in [2.75, 3.05) is 5.01 Å². The average molecular weight is 756 g/mol. The fourth-order valence-corrected chi connectivity index (χ4v) is 9.39. The summed E-state index contributed by atoms with van der Waals surface area (Å²) in [7, 11) is 0. The van der Waals surface area contributed by atoms with E-state index in [-0.39, 0.29) is 5.41 Å². The predicted octanol–water partition coefficient (Wildman–Crippen LogP) is 14.8. The number of benzene rings is 8. The predicted molar refractivity (Wildman–Crippen MR) is 247 cm³/mol. The molecule has 0 atom stereocenters. The number of hydrogen-bond acceptors (Lipinski definition) is 2. The molecule has 0 saturated heterocycles. The van der Waals surface area contributed by atoms with Crippen LogP contribution in [-0.4, -0.2) is 9.66 Å². The second kappa shape index (κ2) is 13.9. The molecular formula is C56H41N3. The van der Waals surface area contributed by atoms with Gasteiger partial charge in [-0.25, -0.2) is 9.69 Å². The molecule has 0 unspecified atom stereocenters. The topological polar surface area (TPSA) is 21.1 Å². The van der Waals surface area contributed by atoms with Crippen LogP contribution in [0.25, 0.3) is 77.6 Å². The molecule has 0 fully saturated rings. The quantitative estimate of drug-likeness (QED) is 0.162. The molecule has 59 heavy (non-hydrogen) atoms. The molecule has 0 N–H and O–H groups in total. The summed E-state index contributed by atoms with van der Waals surface area (Å²) in [4.78, 5) is 4.69. The van der Waals surface area contributed by atoms with Crippen molar-refractivity contribution < 1.29 is 0 Å². The van der Waals surface area contributed by atoms with E-state index in [0.717, 1.165) is 39.2 Å². The Morgan fingerprint density at radius 1 is 0.424 bits per heavy atom. The molecule has 0 saturated carbocycles. The maximum absolute atomic E-state index is 4.69. The van der Waals surface area contributed by atoms with Crippen LogP contribution in [0.1, 0.15) is 25.0 Å². The number of pyridine rings is 1. The van der Waals surface area contributed by atoms with Crippen LogP contribution in [-0.2, 0) is 5.41 Å². The molecule has 8 aromatic carbocycles. The number of hydrogen-bond donors (Lipinski definition) is 0. The Labute approximate surface area is 345 Å². The highest BCUT2D eigenvalue weighted by atomic mass is 15.6. The van der Waals surface area contributed by atoms with Crippen LogP contribution < -0.4 is 5.01 Å². The Hall–Kier alpha value is -7.49. The summed E-state index contributed by atoms with van der Waals surface area (Å²) in [6, 6.07) is 75.0. The minimum atomic E-state index is -0.169. The van der Waals surface area contributed by atoms with Crippen LogP contribution in [0.15, 0.2) is 212 Å². The van der Waals surface area contributed by atoms with Crippen molar-refractivity contribution in [1.29, 1.82) is 0 Å². The lowest BCUT2D eigenvalue weighted by Crippen LogP contribution is -2.25. The number of nitrogens with zero attached hydrogens (tertiary/aromatic N) is 3. The minimum Gasteiger partial charge on any atom is -0.256 e. The molecule has 2 aromatic heterocycles. The van der Waals surface area contributed by atoms with Crippen LogP contribution in [0.3, 0.4) is 0 Å². The Morgan fingerprint density at radius 3 is 1.75 bits per heavy atom. The monoisotopic (exact) mass is 755 g/mol. The number of rotatable bonds is 7. The second-order valence-corrected chi connectivity index (χ2v) is 16.0. The van der Waals surface area contributed by atoms with E-state index in [1.54, 1.807) is 0 Å². The molecule has 0 radical (unpaired) electrons.